The number of aromatic nitrogens is 1. The quantitative estimate of drug-likeness (QED) is 0.906. The van der Waals surface area contributed by atoms with E-state index < -0.39 is 11.1 Å². The minimum absolute atomic E-state index is 0.143. The van der Waals surface area contributed by atoms with Crippen LogP contribution in [0.3, 0.4) is 0 Å². The highest BCUT2D eigenvalue weighted by Crippen LogP contribution is 2.38. The molecule has 0 spiro atoms. The largest absolute Gasteiger partial charge is 0.427 e. The number of carbonyl (C=O) groups excluding carboxylic acids is 1. The van der Waals surface area contributed by atoms with Gasteiger partial charge in [-0.1, -0.05) is 23.5 Å². The van der Waals surface area contributed by atoms with E-state index in [9.17, 15) is 18.0 Å². The van der Waals surface area contributed by atoms with Crippen molar-refractivity contribution < 1.29 is 18.0 Å². The summed E-state index contributed by atoms with van der Waals surface area (Å²) in [4.78, 5) is 16.3. The van der Waals surface area contributed by atoms with Gasteiger partial charge < -0.3 is 10.2 Å². The molecule has 23 heavy (non-hydrogen) atoms. The van der Waals surface area contributed by atoms with Gasteiger partial charge in [-0.3, -0.25) is 4.79 Å². The fourth-order valence-electron chi connectivity index (χ4n) is 2.62. The summed E-state index contributed by atoms with van der Waals surface area (Å²) in [6, 6.07) is 5.59. The first-order valence-corrected chi connectivity index (χ1v) is 7.82. The number of thiazole rings is 1. The van der Waals surface area contributed by atoms with E-state index in [1.807, 2.05) is 23.1 Å². The summed E-state index contributed by atoms with van der Waals surface area (Å²) in [5.74, 6) is -0.143. The van der Waals surface area contributed by atoms with E-state index in [1.165, 1.54) is 6.92 Å². The fourth-order valence-corrected chi connectivity index (χ4v) is 3.43. The summed E-state index contributed by atoms with van der Waals surface area (Å²) in [6.07, 6.45) is -2.84. The Labute approximate surface area is 135 Å². The Bertz CT molecular complexity index is 742. The zero-order chi connectivity index (χ0) is 16.6. The Morgan fingerprint density at radius 1 is 1.39 bits per heavy atom. The number of amides is 1. The molecule has 0 unspecified atom stereocenters. The highest BCUT2D eigenvalue weighted by atomic mass is 32.1. The average Bonchev–Trinajstić information content (AvgIpc) is 2.96. The molecule has 0 bridgehead atoms. The Kier molecular flexibility index (Phi) is 4.01. The SMILES string of the molecule is CC(=O)Nc1cccc2c1CCN(c1ncc(C(F)(F)F)s1)C2. The molecule has 1 aromatic heterocycles. The lowest BCUT2D eigenvalue weighted by atomic mass is 9.98. The Balaban J connectivity index is 1.83. The lowest BCUT2D eigenvalue weighted by Gasteiger charge is -2.29. The van der Waals surface area contributed by atoms with E-state index in [1.54, 1.807) is 0 Å². The Morgan fingerprint density at radius 3 is 2.83 bits per heavy atom. The van der Waals surface area contributed by atoms with Gasteiger partial charge in [0.25, 0.3) is 0 Å². The first-order valence-electron chi connectivity index (χ1n) is 7.01. The van der Waals surface area contributed by atoms with Gasteiger partial charge in [-0.25, -0.2) is 4.98 Å². The normalized spacial score (nSPS) is 14.5. The second-order valence-corrected chi connectivity index (χ2v) is 6.31. The third-order valence-corrected chi connectivity index (χ3v) is 4.72. The van der Waals surface area contributed by atoms with Crippen LogP contribution in [0, 0.1) is 0 Å². The van der Waals surface area contributed by atoms with Gasteiger partial charge in [0.15, 0.2) is 5.13 Å². The molecule has 2 heterocycles. The second kappa shape index (κ2) is 5.84. The molecule has 0 atom stereocenters. The maximum Gasteiger partial charge on any atom is 0.427 e. The maximum atomic E-state index is 12.7. The summed E-state index contributed by atoms with van der Waals surface area (Å²) in [6.45, 7) is 2.49. The van der Waals surface area contributed by atoms with Crippen LogP contribution in [0.4, 0.5) is 24.0 Å². The molecule has 1 aliphatic rings. The number of benzene rings is 1. The number of nitrogens with one attached hydrogen (secondary N) is 1. The smallest absolute Gasteiger partial charge is 0.343 e. The van der Waals surface area contributed by atoms with Gasteiger partial charge in [-0.2, -0.15) is 13.2 Å². The molecule has 1 amide bonds. The number of hydrogen-bond donors (Lipinski definition) is 1. The molecular weight excluding hydrogens is 327 g/mol. The molecule has 0 saturated heterocycles. The van der Waals surface area contributed by atoms with Crippen LogP contribution in [-0.2, 0) is 23.9 Å². The highest BCUT2D eigenvalue weighted by molar-refractivity contribution is 7.15. The molecule has 2 aromatic rings. The van der Waals surface area contributed by atoms with Crippen molar-refractivity contribution in [1.29, 1.82) is 0 Å². The number of anilines is 2. The zero-order valence-corrected chi connectivity index (χ0v) is 13.1. The van der Waals surface area contributed by atoms with Crippen LogP contribution in [0.5, 0.6) is 0 Å². The first-order chi connectivity index (χ1) is 10.8. The monoisotopic (exact) mass is 341 g/mol. The predicted octanol–water partition coefficient (Wildman–Crippen LogP) is 3.68. The minimum Gasteiger partial charge on any atom is -0.343 e. The van der Waals surface area contributed by atoms with E-state index in [0.717, 1.165) is 23.0 Å². The molecule has 0 aliphatic carbocycles. The molecule has 1 aliphatic heterocycles. The third kappa shape index (κ3) is 3.31. The fraction of sp³-hybridized carbons (Fsp3) is 0.333. The molecule has 0 saturated carbocycles. The van der Waals surface area contributed by atoms with Gasteiger partial charge in [0.2, 0.25) is 5.91 Å². The number of carbonyl (C=O) groups is 1. The van der Waals surface area contributed by atoms with E-state index in [4.69, 9.17) is 0 Å². The second-order valence-electron chi connectivity index (χ2n) is 5.30. The highest BCUT2D eigenvalue weighted by Gasteiger charge is 2.34. The molecule has 122 valence electrons. The predicted molar refractivity (Wildman–Crippen MR) is 82.6 cm³/mol. The summed E-state index contributed by atoms with van der Waals surface area (Å²) in [5.41, 5.74) is 2.79. The van der Waals surface area contributed by atoms with Crippen molar-refractivity contribution in [2.75, 3.05) is 16.8 Å². The summed E-state index contributed by atoms with van der Waals surface area (Å²) in [5, 5.41) is 3.16. The summed E-state index contributed by atoms with van der Waals surface area (Å²) < 4.78 is 38.1. The number of rotatable bonds is 2. The number of halogens is 3. The van der Waals surface area contributed by atoms with Gasteiger partial charge in [-0.05, 0) is 23.6 Å². The summed E-state index contributed by atoms with van der Waals surface area (Å²) >= 11 is 0.656. The number of fused-ring (bicyclic) bond motifs is 1. The van der Waals surface area contributed by atoms with E-state index >= 15 is 0 Å². The van der Waals surface area contributed by atoms with Gasteiger partial charge in [0, 0.05) is 25.7 Å². The van der Waals surface area contributed by atoms with Crippen molar-refractivity contribution in [1.82, 2.24) is 4.98 Å². The van der Waals surface area contributed by atoms with Crippen molar-refractivity contribution in [3.05, 3.63) is 40.4 Å². The zero-order valence-electron chi connectivity index (χ0n) is 12.3. The standard InChI is InChI=1S/C15H14F3N3OS/c1-9(22)20-12-4-2-3-10-8-21(6-5-11(10)12)14-19-7-13(23-14)15(16,17)18/h2-4,7H,5-6,8H2,1H3,(H,20,22). The maximum absolute atomic E-state index is 12.7. The van der Waals surface area contributed by atoms with Crippen LogP contribution < -0.4 is 10.2 Å². The number of nitrogens with zero attached hydrogens (tertiary/aromatic N) is 2. The van der Waals surface area contributed by atoms with E-state index in [0.29, 0.717) is 36.0 Å². The minimum atomic E-state index is -4.36. The van der Waals surface area contributed by atoms with Crippen molar-refractivity contribution in [2.24, 2.45) is 0 Å². The average molecular weight is 341 g/mol. The van der Waals surface area contributed by atoms with Gasteiger partial charge in [0.05, 0.1) is 6.20 Å². The Hall–Kier alpha value is -2.09. The molecular formula is C15H14F3N3OS. The van der Waals surface area contributed by atoms with Gasteiger partial charge >= 0.3 is 6.18 Å². The lowest BCUT2D eigenvalue weighted by molar-refractivity contribution is -0.134. The third-order valence-electron chi connectivity index (χ3n) is 3.62. The van der Waals surface area contributed by atoms with Crippen molar-refractivity contribution >= 4 is 28.1 Å². The summed E-state index contributed by atoms with van der Waals surface area (Å²) in [7, 11) is 0. The molecule has 4 nitrogen and oxygen atoms in total. The van der Waals surface area contributed by atoms with Crippen LogP contribution in [0.15, 0.2) is 24.4 Å². The Morgan fingerprint density at radius 2 is 2.17 bits per heavy atom. The van der Waals surface area contributed by atoms with Crippen LogP contribution in [0.25, 0.3) is 0 Å². The topological polar surface area (TPSA) is 45.2 Å². The number of hydrogen-bond acceptors (Lipinski definition) is 4. The molecule has 0 fully saturated rings. The number of alkyl halides is 3. The molecule has 0 radical (unpaired) electrons. The first kappa shape index (κ1) is 15.8. The van der Waals surface area contributed by atoms with Crippen LogP contribution in [0.2, 0.25) is 0 Å². The van der Waals surface area contributed by atoms with E-state index in [-0.39, 0.29) is 5.91 Å². The van der Waals surface area contributed by atoms with Crippen LogP contribution in [-0.4, -0.2) is 17.4 Å². The molecule has 8 heteroatoms. The van der Waals surface area contributed by atoms with Crippen molar-refractivity contribution in [3.63, 3.8) is 0 Å². The lowest BCUT2D eigenvalue weighted by Crippen LogP contribution is -2.30. The van der Waals surface area contributed by atoms with Gasteiger partial charge in [0.1, 0.15) is 4.88 Å². The molecule has 1 aromatic carbocycles. The van der Waals surface area contributed by atoms with Crippen molar-refractivity contribution in [3.8, 4) is 0 Å². The van der Waals surface area contributed by atoms with Gasteiger partial charge in [-0.15, -0.1) is 0 Å². The molecule has 3 rings (SSSR count). The van der Waals surface area contributed by atoms with E-state index in [2.05, 4.69) is 10.3 Å². The van der Waals surface area contributed by atoms with Crippen molar-refractivity contribution in [2.45, 2.75) is 26.1 Å². The molecule has 1 N–H and O–H groups in total. The van der Waals surface area contributed by atoms with Crippen LogP contribution in [0.1, 0.15) is 22.9 Å². The van der Waals surface area contributed by atoms with Crippen LogP contribution >= 0.6 is 11.3 Å².